The summed E-state index contributed by atoms with van der Waals surface area (Å²) in [5.41, 5.74) is 2.26. The molecule has 4 nitrogen and oxygen atoms in total. The molecule has 0 aliphatic heterocycles. The first kappa shape index (κ1) is 12.5. The number of rotatable bonds is 3. The highest BCUT2D eigenvalue weighted by Crippen LogP contribution is 2.20. The van der Waals surface area contributed by atoms with Crippen LogP contribution < -0.4 is 5.32 Å². The maximum Gasteiger partial charge on any atom is 0.167 e. The molecule has 5 heteroatoms. The van der Waals surface area contributed by atoms with Gasteiger partial charge in [0.2, 0.25) is 0 Å². The summed E-state index contributed by atoms with van der Waals surface area (Å²) in [4.78, 5) is 2.50. The van der Waals surface area contributed by atoms with E-state index in [4.69, 9.17) is 5.26 Å². The molecule has 18 heavy (non-hydrogen) atoms. The van der Waals surface area contributed by atoms with Crippen molar-refractivity contribution in [2.24, 2.45) is 0 Å². The van der Waals surface area contributed by atoms with Crippen molar-refractivity contribution in [2.45, 2.75) is 27.3 Å². The van der Waals surface area contributed by atoms with Gasteiger partial charge in [0, 0.05) is 9.75 Å². The average molecular weight is 258 g/mol. The summed E-state index contributed by atoms with van der Waals surface area (Å²) in [5, 5.41) is 20.4. The zero-order valence-corrected chi connectivity index (χ0v) is 11.4. The second kappa shape index (κ2) is 5.15. The van der Waals surface area contributed by atoms with E-state index in [1.807, 2.05) is 13.8 Å². The highest BCUT2D eigenvalue weighted by Gasteiger charge is 2.10. The Morgan fingerprint density at radius 2 is 2.06 bits per heavy atom. The van der Waals surface area contributed by atoms with Gasteiger partial charge >= 0.3 is 0 Å². The molecule has 0 amide bonds. The highest BCUT2D eigenvalue weighted by atomic mass is 32.1. The molecule has 2 aromatic rings. The van der Waals surface area contributed by atoms with Crippen LogP contribution in [0, 0.1) is 32.1 Å². The molecule has 0 aliphatic rings. The summed E-state index contributed by atoms with van der Waals surface area (Å²) >= 11 is 1.73. The third-order valence-corrected chi connectivity index (χ3v) is 3.79. The number of aryl methyl sites for hydroxylation is 2. The predicted octanol–water partition coefficient (Wildman–Crippen LogP) is 2.95. The minimum Gasteiger partial charge on any atom is -0.363 e. The third kappa shape index (κ3) is 2.49. The van der Waals surface area contributed by atoms with E-state index in [2.05, 4.69) is 40.6 Å². The lowest BCUT2D eigenvalue weighted by Crippen LogP contribution is -2.06. The summed E-state index contributed by atoms with van der Waals surface area (Å²) in [6.07, 6.45) is 0. The molecule has 1 N–H and O–H groups in total. The fourth-order valence-electron chi connectivity index (χ4n) is 1.62. The highest BCUT2D eigenvalue weighted by molar-refractivity contribution is 7.11. The molecule has 2 aromatic heterocycles. The van der Waals surface area contributed by atoms with Crippen molar-refractivity contribution < 1.29 is 0 Å². The average Bonchev–Trinajstić information content (AvgIpc) is 2.77. The number of hydrogen-bond acceptors (Lipinski definition) is 5. The second-order valence-corrected chi connectivity index (χ2v) is 5.48. The third-order valence-electron chi connectivity index (χ3n) is 2.79. The molecule has 92 valence electrons. The van der Waals surface area contributed by atoms with Crippen molar-refractivity contribution in [1.82, 2.24) is 10.2 Å². The molecule has 0 atom stereocenters. The number of anilines is 1. The molecular weight excluding hydrogens is 244 g/mol. The monoisotopic (exact) mass is 258 g/mol. The van der Waals surface area contributed by atoms with E-state index in [1.165, 1.54) is 9.75 Å². The van der Waals surface area contributed by atoms with E-state index < -0.39 is 0 Å². The van der Waals surface area contributed by atoms with E-state index >= 15 is 0 Å². The Labute approximate surface area is 110 Å². The molecule has 2 heterocycles. The van der Waals surface area contributed by atoms with Gasteiger partial charge < -0.3 is 5.32 Å². The number of hydrogen-bond donors (Lipinski definition) is 1. The van der Waals surface area contributed by atoms with Crippen molar-refractivity contribution in [2.75, 3.05) is 5.32 Å². The number of thiophene rings is 1. The van der Waals surface area contributed by atoms with Gasteiger partial charge in [-0.25, -0.2) is 0 Å². The summed E-state index contributed by atoms with van der Waals surface area (Å²) in [6.45, 7) is 6.49. The molecule has 0 spiro atoms. The minimum atomic E-state index is 0.562. The van der Waals surface area contributed by atoms with Crippen LogP contribution in [0.1, 0.15) is 26.6 Å². The molecule has 0 bridgehead atoms. The van der Waals surface area contributed by atoms with Crippen molar-refractivity contribution in [3.8, 4) is 6.07 Å². The molecule has 0 aliphatic carbocycles. The Bertz CT molecular complexity index is 610. The zero-order valence-electron chi connectivity index (χ0n) is 10.6. The predicted molar refractivity (Wildman–Crippen MR) is 72.6 cm³/mol. The maximum absolute atomic E-state index is 9.17. The number of nitriles is 1. The lowest BCUT2D eigenvalue weighted by molar-refractivity contribution is 0.943. The number of nitrogens with one attached hydrogen (secondary N) is 1. The van der Waals surface area contributed by atoms with E-state index in [0.717, 1.165) is 11.3 Å². The summed E-state index contributed by atoms with van der Waals surface area (Å²) in [6, 6.07) is 6.34. The van der Waals surface area contributed by atoms with Gasteiger partial charge in [0.25, 0.3) is 0 Å². The molecule has 0 unspecified atom stereocenters. The van der Waals surface area contributed by atoms with Gasteiger partial charge in [-0.3, -0.25) is 0 Å². The minimum absolute atomic E-state index is 0.562. The smallest absolute Gasteiger partial charge is 0.167 e. The molecular formula is C13H14N4S. The van der Waals surface area contributed by atoms with Gasteiger partial charge in [0.05, 0.1) is 12.2 Å². The van der Waals surface area contributed by atoms with E-state index in [0.29, 0.717) is 17.9 Å². The van der Waals surface area contributed by atoms with Crippen molar-refractivity contribution in [3.63, 3.8) is 0 Å². The van der Waals surface area contributed by atoms with E-state index in [-0.39, 0.29) is 0 Å². The molecule has 0 saturated carbocycles. The van der Waals surface area contributed by atoms with Crippen LogP contribution in [0.3, 0.4) is 0 Å². The quantitative estimate of drug-likeness (QED) is 0.919. The van der Waals surface area contributed by atoms with Gasteiger partial charge in [0.15, 0.2) is 5.82 Å². The van der Waals surface area contributed by atoms with Gasteiger partial charge in [-0.15, -0.1) is 16.4 Å². The van der Waals surface area contributed by atoms with Gasteiger partial charge in [-0.05, 0) is 38.5 Å². The largest absolute Gasteiger partial charge is 0.363 e. The standard InChI is InChI=1S/C13H14N4S/c1-8-4-5-11(18-8)7-15-13-12(6-14)9(2)10(3)16-17-13/h4-5H,7H2,1-3H3,(H,15,17). The number of nitrogens with zero attached hydrogens (tertiary/aromatic N) is 3. The maximum atomic E-state index is 9.17. The van der Waals surface area contributed by atoms with Crippen LogP contribution in [-0.2, 0) is 6.54 Å². The lowest BCUT2D eigenvalue weighted by atomic mass is 10.1. The Morgan fingerprint density at radius 3 is 2.67 bits per heavy atom. The van der Waals surface area contributed by atoms with Crippen molar-refractivity contribution in [3.05, 3.63) is 38.7 Å². The Balaban J connectivity index is 2.20. The van der Waals surface area contributed by atoms with Gasteiger partial charge in [-0.1, -0.05) is 0 Å². The lowest BCUT2D eigenvalue weighted by Gasteiger charge is -2.08. The topological polar surface area (TPSA) is 61.6 Å². The van der Waals surface area contributed by atoms with Crippen LogP contribution in [0.4, 0.5) is 5.82 Å². The SMILES string of the molecule is Cc1ccc(CNc2nnc(C)c(C)c2C#N)s1. The molecule has 0 aromatic carbocycles. The molecule has 0 saturated heterocycles. The van der Waals surface area contributed by atoms with Gasteiger partial charge in [-0.2, -0.15) is 10.4 Å². The van der Waals surface area contributed by atoms with E-state index in [9.17, 15) is 0 Å². The number of aromatic nitrogens is 2. The van der Waals surface area contributed by atoms with Crippen LogP contribution in [0.15, 0.2) is 12.1 Å². The summed E-state index contributed by atoms with van der Waals surface area (Å²) in [7, 11) is 0. The Kier molecular flexibility index (Phi) is 3.58. The van der Waals surface area contributed by atoms with Crippen LogP contribution in [0.25, 0.3) is 0 Å². The first-order valence-corrected chi connectivity index (χ1v) is 6.46. The van der Waals surface area contributed by atoms with Crippen molar-refractivity contribution in [1.29, 1.82) is 5.26 Å². The molecule has 0 radical (unpaired) electrons. The fraction of sp³-hybridized carbons (Fsp3) is 0.308. The molecule has 2 rings (SSSR count). The normalized spacial score (nSPS) is 10.1. The zero-order chi connectivity index (χ0) is 13.1. The van der Waals surface area contributed by atoms with Crippen LogP contribution >= 0.6 is 11.3 Å². The summed E-state index contributed by atoms with van der Waals surface area (Å²) in [5.74, 6) is 0.562. The van der Waals surface area contributed by atoms with E-state index in [1.54, 1.807) is 11.3 Å². The van der Waals surface area contributed by atoms with Crippen molar-refractivity contribution >= 4 is 17.2 Å². The Morgan fingerprint density at radius 1 is 1.28 bits per heavy atom. The molecule has 0 fully saturated rings. The summed E-state index contributed by atoms with van der Waals surface area (Å²) < 4.78 is 0. The van der Waals surface area contributed by atoms with Gasteiger partial charge in [0.1, 0.15) is 11.6 Å². The Hall–Kier alpha value is -1.93. The second-order valence-electron chi connectivity index (χ2n) is 4.11. The van der Waals surface area contributed by atoms with Crippen LogP contribution in [-0.4, -0.2) is 10.2 Å². The first-order chi connectivity index (χ1) is 8.61. The van der Waals surface area contributed by atoms with Crippen LogP contribution in [0.5, 0.6) is 0 Å². The first-order valence-electron chi connectivity index (χ1n) is 5.65. The van der Waals surface area contributed by atoms with Crippen LogP contribution in [0.2, 0.25) is 0 Å². The fourth-order valence-corrected chi connectivity index (χ4v) is 2.45.